The lowest BCUT2D eigenvalue weighted by Gasteiger charge is -2.20. The Morgan fingerprint density at radius 3 is 2.79 bits per heavy atom. The van der Waals surface area contributed by atoms with Crippen molar-refractivity contribution < 1.29 is 14.1 Å². The second-order valence-corrected chi connectivity index (χ2v) is 7.45. The van der Waals surface area contributed by atoms with Crippen molar-refractivity contribution in [2.24, 2.45) is 0 Å². The summed E-state index contributed by atoms with van der Waals surface area (Å²) in [7, 11) is 1.63. The van der Waals surface area contributed by atoms with Crippen LogP contribution in [0.4, 0.5) is 0 Å². The van der Waals surface area contributed by atoms with Gasteiger partial charge in [-0.25, -0.2) is 4.68 Å². The van der Waals surface area contributed by atoms with Crippen molar-refractivity contribution >= 4 is 5.91 Å². The van der Waals surface area contributed by atoms with Crippen LogP contribution in [0.3, 0.4) is 0 Å². The lowest BCUT2D eigenvalue weighted by molar-refractivity contribution is 0.0704. The Morgan fingerprint density at radius 1 is 1.31 bits per heavy atom. The summed E-state index contributed by atoms with van der Waals surface area (Å²) in [5.74, 6) is 1.95. The Hall–Kier alpha value is -3.23. The van der Waals surface area contributed by atoms with Gasteiger partial charge in [0.15, 0.2) is 11.5 Å². The number of nitrogens with zero attached hydrogens (tertiary/aromatic N) is 6. The maximum Gasteiger partial charge on any atom is 0.276 e. The Labute approximate surface area is 168 Å². The van der Waals surface area contributed by atoms with Gasteiger partial charge in [-0.15, -0.1) is 5.10 Å². The summed E-state index contributed by atoms with van der Waals surface area (Å²) in [6.45, 7) is 5.17. The topological polar surface area (TPSA) is 99.2 Å². The number of aromatic nitrogens is 5. The molecule has 0 saturated carbocycles. The van der Waals surface area contributed by atoms with Crippen LogP contribution in [0.5, 0.6) is 5.75 Å². The van der Waals surface area contributed by atoms with Crippen LogP contribution in [0.15, 0.2) is 35.0 Å². The molecule has 1 aliphatic rings. The van der Waals surface area contributed by atoms with Gasteiger partial charge in [-0.3, -0.25) is 4.79 Å². The first kappa shape index (κ1) is 19.1. The highest BCUT2D eigenvalue weighted by atomic mass is 16.5. The molecule has 0 spiro atoms. The molecule has 4 rings (SSSR count). The Bertz CT molecular complexity index is 978. The number of likely N-dealkylation sites (tertiary alicyclic amines) is 1. The van der Waals surface area contributed by atoms with Crippen LogP contribution in [0.25, 0.3) is 0 Å². The molecule has 0 radical (unpaired) electrons. The third kappa shape index (κ3) is 3.98. The quantitative estimate of drug-likeness (QED) is 0.632. The molecule has 9 heteroatoms. The van der Waals surface area contributed by atoms with Crippen molar-refractivity contribution in [2.75, 3.05) is 13.7 Å². The minimum absolute atomic E-state index is 0.169. The third-order valence-corrected chi connectivity index (χ3v) is 5.03. The van der Waals surface area contributed by atoms with E-state index >= 15 is 0 Å². The lowest BCUT2D eigenvalue weighted by Crippen LogP contribution is -2.31. The third-order valence-electron chi connectivity index (χ3n) is 5.03. The van der Waals surface area contributed by atoms with Crippen molar-refractivity contribution in [3.05, 3.63) is 53.4 Å². The average Bonchev–Trinajstić information content (AvgIpc) is 3.47. The molecule has 0 N–H and O–H groups in total. The first-order chi connectivity index (χ1) is 14.0. The lowest BCUT2D eigenvalue weighted by atomic mass is 10.2. The second-order valence-electron chi connectivity index (χ2n) is 7.45. The number of amides is 1. The monoisotopic (exact) mass is 396 g/mol. The van der Waals surface area contributed by atoms with E-state index in [1.807, 2.05) is 38.1 Å². The van der Waals surface area contributed by atoms with Crippen molar-refractivity contribution in [3.63, 3.8) is 0 Å². The van der Waals surface area contributed by atoms with Gasteiger partial charge in [0.05, 0.1) is 19.9 Å². The molecule has 3 heterocycles. The summed E-state index contributed by atoms with van der Waals surface area (Å²) in [6.07, 6.45) is 3.36. The van der Waals surface area contributed by atoms with Crippen molar-refractivity contribution in [1.82, 2.24) is 30.0 Å². The van der Waals surface area contributed by atoms with E-state index in [9.17, 15) is 4.79 Å². The molecule has 1 atom stereocenters. The van der Waals surface area contributed by atoms with Gasteiger partial charge in [-0.1, -0.05) is 36.4 Å². The number of hydrogen-bond donors (Lipinski definition) is 0. The fourth-order valence-corrected chi connectivity index (χ4v) is 3.42. The van der Waals surface area contributed by atoms with Gasteiger partial charge in [0.25, 0.3) is 5.91 Å². The number of carbonyl (C=O) groups excluding carboxylic acids is 1. The summed E-state index contributed by atoms with van der Waals surface area (Å²) in [5.41, 5.74) is 1.36. The van der Waals surface area contributed by atoms with E-state index in [4.69, 9.17) is 9.26 Å². The molecule has 0 bridgehead atoms. The van der Waals surface area contributed by atoms with E-state index in [1.54, 1.807) is 22.9 Å². The number of benzene rings is 1. The molecule has 152 valence electrons. The minimum Gasteiger partial charge on any atom is -0.497 e. The van der Waals surface area contributed by atoms with Crippen LogP contribution in [0.1, 0.15) is 66.4 Å². The zero-order chi connectivity index (χ0) is 20.4. The molecule has 3 aromatic rings. The summed E-state index contributed by atoms with van der Waals surface area (Å²) in [6, 6.07) is 7.49. The highest BCUT2D eigenvalue weighted by Crippen LogP contribution is 2.32. The molecule has 1 unspecified atom stereocenters. The van der Waals surface area contributed by atoms with Crippen molar-refractivity contribution in [1.29, 1.82) is 0 Å². The highest BCUT2D eigenvalue weighted by Gasteiger charge is 2.35. The van der Waals surface area contributed by atoms with E-state index in [-0.39, 0.29) is 17.9 Å². The standard InChI is InChI=1S/C20H24N6O3/c1-13(2)18-21-19(29-23-18)17-5-4-10-26(17)20(27)16-12-25(24-22-16)11-14-6-8-15(28-3)9-7-14/h6-9,12-13,17H,4-5,10-11H2,1-3H3. The van der Waals surface area contributed by atoms with Gasteiger partial charge < -0.3 is 14.2 Å². The predicted octanol–water partition coefficient (Wildman–Crippen LogP) is 2.82. The smallest absolute Gasteiger partial charge is 0.276 e. The molecule has 1 saturated heterocycles. The van der Waals surface area contributed by atoms with Crippen LogP contribution in [0.2, 0.25) is 0 Å². The van der Waals surface area contributed by atoms with Gasteiger partial charge in [-0.2, -0.15) is 4.98 Å². The molecule has 1 aromatic carbocycles. The molecule has 1 aliphatic heterocycles. The summed E-state index contributed by atoms with van der Waals surface area (Å²) in [4.78, 5) is 19.2. The maximum absolute atomic E-state index is 13.0. The molecule has 9 nitrogen and oxygen atoms in total. The van der Waals surface area contributed by atoms with Gasteiger partial charge in [0.2, 0.25) is 5.89 Å². The zero-order valence-corrected chi connectivity index (χ0v) is 16.8. The Balaban J connectivity index is 1.47. The molecule has 1 amide bonds. The first-order valence-corrected chi connectivity index (χ1v) is 9.72. The van der Waals surface area contributed by atoms with Crippen LogP contribution >= 0.6 is 0 Å². The van der Waals surface area contributed by atoms with E-state index < -0.39 is 0 Å². The normalized spacial score (nSPS) is 16.6. The number of methoxy groups -OCH3 is 1. The first-order valence-electron chi connectivity index (χ1n) is 9.72. The maximum atomic E-state index is 13.0. The molecule has 1 fully saturated rings. The number of rotatable bonds is 6. The van der Waals surface area contributed by atoms with Crippen molar-refractivity contribution in [2.45, 2.75) is 45.2 Å². The van der Waals surface area contributed by atoms with E-state index in [0.29, 0.717) is 30.5 Å². The van der Waals surface area contributed by atoms with Crippen molar-refractivity contribution in [3.8, 4) is 5.75 Å². The second kappa shape index (κ2) is 8.02. The predicted molar refractivity (Wildman–Crippen MR) is 104 cm³/mol. The number of carbonyl (C=O) groups is 1. The van der Waals surface area contributed by atoms with Crippen LogP contribution in [-0.2, 0) is 6.54 Å². The van der Waals surface area contributed by atoms with E-state index in [1.165, 1.54) is 0 Å². The molecule has 0 aliphatic carbocycles. The molecule has 2 aromatic heterocycles. The largest absolute Gasteiger partial charge is 0.497 e. The van der Waals surface area contributed by atoms with E-state index in [2.05, 4.69) is 20.5 Å². The summed E-state index contributed by atoms with van der Waals surface area (Å²) >= 11 is 0. The van der Waals surface area contributed by atoms with Crippen LogP contribution in [0, 0.1) is 0 Å². The van der Waals surface area contributed by atoms with E-state index in [0.717, 1.165) is 24.2 Å². The van der Waals surface area contributed by atoms with Gasteiger partial charge in [0, 0.05) is 12.5 Å². The Morgan fingerprint density at radius 2 is 2.10 bits per heavy atom. The molecule has 29 heavy (non-hydrogen) atoms. The zero-order valence-electron chi connectivity index (χ0n) is 16.8. The summed E-state index contributed by atoms with van der Waals surface area (Å²) in [5, 5.41) is 12.2. The van der Waals surface area contributed by atoms with Crippen LogP contribution in [-0.4, -0.2) is 49.6 Å². The number of hydrogen-bond acceptors (Lipinski definition) is 7. The van der Waals surface area contributed by atoms with Crippen LogP contribution < -0.4 is 4.74 Å². The SMILES string of the molecule is COc1ccc(Cn2cc(C(=O)N3CCCC3c3nc(C(C)C)no3)nn2)cc1. The van der Waals surface area contributed by atoms with Gasteiger partial charge in [0.1, 0.15) is 11.8 Å². The molecular weight excluding hydrogens is 372 g/mol. The molecular formula is C20H24N6O3. The summed E-state index contributed by atoms with van der Waals surface area (Å²) < 4.78 is 12.2. The Kier molecular flexibility index (Phi) is 5.28. The average molecular weight is 396 g/mol. The van der Waals surface area contributed by atoms with Gasteiger partial charge >= 0.3 is 0 Å². The fourth-order valence-electron chi connectivity index (χ4n) is 3.42. The number of ether oxygens (including phenoxy) is 1. The van der Waals surface area contributed by atoms with Gasteiger partial charge in [-0.05, 0) is 30.5 Å². The fraction of sp³-hybridized carbons (Fsp3) is 0.450. The minimum atomic E-state index is -0.214. The highest BCUT2D eigenvalue weighted by molar-refractivity contribution is 5.92.